The van der Waals surface area contributed by atoms with Gasteiger partial charge in [0, 0.05) is 18.2 Å². The maximum absolute atomic E-state index is 12.9. The Kier molecular flexibility index (Phi) is 5.84. The lowest BCUT2D eigenvalue weighted by molar-refractivity contribution is -0.123. The summed E-state index contributed by atoms with van der Waals surface area (Å²) in [5, 5.41) is 7.26. The summed E-state index contributed by atoms with van der Waals surface area (Å²) < 4.78 is 21.4. The minimum atomic E-state index is -0.599. The summed E-state index contributed by atoms with van der Waals surface area (Å²) in [4.78, 5) is 12.9. The number of nitrogens with zero attached hydrogens (tertiary/aromatic N) is 1. The van der Waals surface area contributed by atoms with Crippen molar-refractivity contribution in [1.29, 1.82) is 0 Å². The van der Waals surface area contributed by atoms with Gasteiger partial charge in [-0.25, -0.2) is 0 Å². The minimum absolute atomic E-state index is 0.0153. The molecule has 1 aliphatic rings. The summed E-state index contributed by atoms with van der Waals surface area (Å²) in [6.45, 7) is 0.524. The molecule has 162 valence electrons. The van der Waals surface area contributed by atoms with Crippen molar-refractivity contribution in [1.82, 2.24) is 10.5 Å². The third-order valence-electron chi connectivity index (χ3n) is 5.69. The molecule has 3 aromatic rings. The van der Waals surface area contributed by atoms with E-state index in [1.165, 1.54) is 0 Å². The normalized spacial score (nSPS) is 14.0. The van der Waals surface area contributed by atoms with Gasteiger partial charge in [0.05, 0.1) is 32.4 Å². The average molecular weight is 422 g/mol. The van der Waals surface area contributed by atoms with E-state index >= 15 is 0 Å². The van der Waals surface area contributed by atoms with Crippen LogP contribution in [0.4, 0.5) is 0 Å². The van der Waals surface area contributed by atoms with Crippen LogP contribution in [-0.4, -0.2) is 38.9 Å². The lowest BCUT2D eigenvalue weighted by atomic mass is 10.00. The van der Waals surface area contributed by atoms with Crippen molar-refractivity contribution in [3.8, 4) is 28.6 Å². The predicted octanol–water partition coefficient (Wildman–Crippen LogP) is 3.76. The lowest BCUT2D eigenvalue weighted by Crippen LogP contribution is -2.36. The number of hydrogen-bond donors (Lipinski definition) is 1. The average Bonchev–Trinajstić information content (AvgIpc) is 3.48. The predicted molar refractivity (Wildman–Crippen MR) is 116 cm³/mol. The van der Waals surface area contributed by atoms with Gasteiger partial charge in [-0.15, -0.1) is 0 Å². The third kappa shape index (κ3) is 4.21. The molecule has 1 fully saturated rings. The highest BCUT2D eigenvalue weighted by Gasteiger charge is 2.53. The molecule has 0 saturated heterocycles. The van der Waals surface area contributed by atoms with Crippen molar-refractivity contribution in [2.24, 2.45) is 0 Å². The van der Waals surface area contributed by atoms with Gasteiger partial charge in [0.25, 0.3) is 0 Å². The molecule has 7 heteroatoms. The Labute approximate surface area is 181 Å². The van der Waals surface area contributed by atoms with E-state index in [4.69, 9.17) is 18.7 Å². The van der Waals surface area contributed by atoms with Gasteiger partial charge in [0.2, 0.25) is 5.91 Å². The quantitative estimate of drug-likeness (QED) is 0.565. The lowest BCUT2D eigenvalue weighted by Gasteiger charge is -2.13. The standard InChI is InChI=1S/C24H26N2O5/c1-28-18-6-4-5-17(14-18)20-15-22(26-31-20)24(10-11-24)23(27)25-12-9-16-7-8-19(29-2)21(13-16)30-3/h4-8,13-15H,9-12H2,1-3H3,(H,25,27). The van der Waals surface area contributed by atoms with E-state index in [0.29, 0.717) is 35.9 Å². The van der Waals surface area contributed by atoms with Crippen LogP contribution in [0.2, 0.25) is 0 Å². The van der Waals surface area contributed by atoms with Crippen molar-refractivity contribution in [2.45, 2.75) is 24.7 Å². The second-order valence-electron chi connectivity index (χ2n) is 7.59. The van der Waals surface area contributed by atoms with Crippen LogP contribution in [0.15, 0.2) is 53.1 Å². The number of rotatable bonds is 9. The first kappa shape index (κ1) is 20.8. The summed E-state index contributed by atoms with van der Waals surface area (Å²) in [6, 6.07) is 15.2. The van der Waals surface area contributed by atoms with Crippen LogP contribution in [0.3, 0.4) is 0 Å². The molecule has 1 aromatic heterocycles. The van der Waals surface area contributed by atoms with Crippen LogP contribution in [0.1, 0.15) is 24.1 Å². The van der Waals surface area contributed by atoms with Crippen molar-refractivity contribution < 1.29 is 23.5 Å². The van der Waals surface area contributed by atoms with Gasteiger partial charge in [0.15, 0.2) is 17.3 Å². The summed E-state index contributed by atoms with van der Waals surface area (Å²) >= 11 is 0. The molecule has 0 spiro atoms. The van der Waals surface area contributed by atoms with E-state index in [9.17, 15) is 4.79 Å². The Bertz CT molecular complexity index is 1070. The van der Waals surface area contributed by atoms with Gasteiger partial charge in [-0.1, -0.05) is 23.4 Å². The monoisotopic (exact) mass is 422 g/mol. The maximum Gasteiger partial charge on any atom is 0.232 e. The van der Waals surface area contributed by atoms with Gasteiger partial charge in [-0.05, 0) is 49.1 Å². The van der Waals surface area contributed by atoms with E-state index < -0.39 is 5.41 Å². The molecule has 31 heavy (non-hydrogen) atoms. The highest BCUT2D eigenvalue weighted by Crippen LogP contribution is 2.48. The minimum Gasteiger partial charge on any atom is -0.497 e. The summed E-state index contributed by atoms with van der Waals surface area (Å²) in [6.07, 6.45) is 2.22. The highest BCUT2D eigenvalue weighted by molar-refractivity contribution is 5.91. The number of benzene rings is 2. The fourth-order valence-corrected chi connectivity index (χ4v) is 3.66. The van der Waals surface area contributed by atoms with Crippen molar-refractivity contribution in [2.75, 3.05) is 27.9 Å². The first-order valence-electron chi connectivity index (χ1n) is 10.2. The molecule has 1 saturated carbocycles. The molecule has 0 unspecified atom stereocenters. The van der Waals surface area contributed by atoms with Gasteiger partial charge in [-0.3, -0.25) is 4.79 Å². The fraction of sp³-hybridized carbons (Fsp3) is 0.333. The van der Waals surface area contributed by atoms with Crippen molar-refractivity contribution >= 4 is 5.91 Å². The molecule has 0 aliphatic heterocycles. The van der Waals surface area contributed by atoms with Crippen LogP contribution in [0.5, 0.6) is 17.2 Å². The smallest absolute Gasteiger partial charge is 0.232 e. The first-order valence-corrected chi connectivity index (χ1v) is 10.2. The Morgan fingerprint density at radius 2 is 1.84 bits per heavy atom. The van der Waals surface area contributed by atoms with Gasteiger partial charge in [-0.2, -0.15) is 0 Å². The summed E-state index contributed by atoms with van der Waals surface area (Å²) in [5.74, 6) is 2.71. The molecular formula is C24H26N2O5. The number of ether oxygens (including phenoxy) is 3. The molecule has 0 bridgehead atoms. The van der Waals surface area contributed by atoms with E-state index in [1.807, 2.05) is 48.5 Å². The maximum atomic E-state index is 12.9. The van der Waals surface area contributed by atoms with Gasteiger partial charge < -0.3 is 24.1 Å². The van der Waals surface area contributed by atoms with E-state index in [0.717, 1.165) is 29.7 Å². The zero-order valence-electron chi connectivity index (χ0n) is 17.9. The fourth-order valence-electron chi connectivity index (χ4n) is 3.66. The zero-order valence-corrected chi connectivity index (χ0v) is 17.9. The van der Waals surface area contributed by atoms with Crippen LogP contribution in [-0.2, 0) is 16.6 Å². The van der Waals surface area contributed by atoms with Gasteiger partial charge in [0.1, 0.15) is 5.75 Å². The molecule has 1 N–H and O–H groups in total. The molecule has 2 aromatic carbocycles. The van der Waals surface area contributed by atoms with Crippen LogP contribution in [0, 0.1) is 0 Å². The molecule has 0 radical (unpaired) electrons. The Morgan fingerprint density at radius 1 is 1.03 bits per heavy atom. The molecular weight excluding hydrogens is 396 g/mol. The van der Waals surface area contributed by atoms with E-state index in [-0.39, 0.29) is 5.91 Å². The zero-order chi connectivity index (χ0) is 21.8. The number of carbonyl (C=O) groups is 1. The Morgan fingerprint density at radius 3 is 2.55 bits per heavy atom. The number of aromatic nitrogens is 1. The summed E-state index contributed by atoms with van der Waals surface area (Å²) in [7, 11) is 4.84. The molecule has 0 atom stereocenters. The Balaban J connectivity index is 1.40. The third-order valence-corrected chi connectivity index (χ3v) is 5.69. The largest absolute Gasteiger partial charge is 0.497 e. The van der Waals surface area contributed by atoms with E-state index in [1.54, 1.807) is 21.3 Å². The van der Waals surface area contributed by atoms with Crippen molar-refractivity contribution in [3.05, 3.63) is 59.8 Å². The highest BCUT2D eigenvalue weighted by atomic mass is 16.5. The number of hydrogen-bond acceptors (Lipinski definition) is 6. The number of amides is 1. The Hall–Kier alpha value is -3.48. The first-order chi connectivity index (χ1) is 15.1. The second kappa shape index (κ2) is 8.71. The summed E-state index contributed by atoms with van der Waals surface area (Å²) in [5.41, 5.74) is 2.00. The van der Waals surface area contributed by atoms with Crippen LogP contribution >= 0.6 is 0 Å². The topological polar surface area (TPSA) is 82.8 Å². The molecule has 1 heterocycles. The van der Waals surface area contributed by atoms with Crippen LogP contribution in [0.25, 0.3) is 11.3 Å². The molecule has 1 aliphatic carbocycles. The van der Waals surface area contributed by atoms with Crippen LogP contribution < -0.4 is 19.5 Å². The SMILES string of the molecule is COc1cccc(-c2cc(C3(C(=O)NCCc4ccc(OC)c(OC)c4)CC3)no2)c1. The molecule has 4 rings (SSSR count). The molecule has 1 amide bonds. The molecule has 7 nitrogen and oxygen atoms in total. The number of carbonyl (C=O) groups excluding carboxylic acids is 1. The van der Waals surface area contributed by atoms with E-state index in [2.05, 4.69) is 10.5 Å². The van der Waals surface area contributed by atoms with Crippen molar-refractivity contribution in [3.63, 3.8) is 0 Å². The number of methoxy groups -OCH3 is 3. The second-order valence-corrected chi connectivity index (χ2v) is 7.59. The van der Waals surface area contributed by atoms with Gasteiger partial charge >= 0.3 is 0 Å². The number of nitrogens with one attached hydrogen (secondary N) is 1.